The highest BCUT2D eigenvalue weighted by Gasteiger charge is 2.28. The van der Waals surface area contributed by atoms with E-state index in [4.69, 9.17) is 31.5 Å². The van der Waals surface area contributed by atoms with Gasteiger partial charge in [0.1, 0.15) is 13.2 Å². The zero-order valence-corrected chi connectivity index (χ0v) is 10.1. The summed E-state index contributed by atoms with van der Waals surface area (Å²) in [5, 5.41) is 0.555. The Morgan fingerprint density at radius 2 is 2.00 bits per heavy atom. The molecule has 4 nitrogen and oxygen atoms in total. The summed E-state index contributed by atoms with van der Waals surface area (Å²) in [5.74, 6) is 1.30. The van der Waals surface area contributed by atoms with E-state index in [9.17, 15) is 0 Å². The molecule has 0 amide bonds. The van der Waals surface area contributed by atoms with Crippen molar-refractivity contribution in [3.05, 3.63) is 22.7 Å². The molecule has 3 rings (SSSR count). The van der Waals surface area contributed by atoms with Crippen molar-refractivity contribution >= 4 is 11.6 Å². The summed E-state index contributed by atoms with van der Waals surface area (Å²) in [6.07, 6.45) is 0.778. The third-order valence-corrected chi connectivity index (χ3v) is 3.37. The van der Waals surface area contributed by atoms with E-state index in [0.717, 1.165) is 12.0 Å². The lowest BCUT2D eigenvalue weighted by Crippen LogP contribution is -2.24. The minimum atomic E-state index is -0.0941. The molecule has 0 bridgehead atoms. The fourth-order valence-corrected chi connectivity index (χ4v) is 2.52. The smallest absolute Gasteiger partial charge is 0.179 e. The minimum Gasteiger partial charge on any atom is -0.486 e. The Morgan fingerprint density at radius 1 is 1.18 bits per heavy atom. The number of ether oxygens (including phenoxy) is 3. The molecule has 0 radical (unpaired) electrons. The van der Waals surface area contributed by atoms with Gasteiger partial charge in [-0.1, -0.05) is 11.6 Å². The van der Waals surface area contributed by atoms with E-state index in [1.807, 2.05) is 12.1 Å². The molecule has 2 heterocycles. The average molecular weight is 256 g/mol. The second-order valence-electron chi connectivity index (χ2n) is 4.27. The molecule has 0 saturated carbocycles. The Labute approximate surface area is 105 Å². The van der Waals surface area contributed by atoms with Crippen LogP contribution in [0.3, 0.4) is 0 Å². The third kappa shape index (κ3) is 1.97. The molecule has 1 aromatic carbocycles. The first-order valence-corrected chi connectivity index (χ1v) is 6.10. The van der Waals surface area contributed by atoms with Crippen molar-refractivity contribution in [2.75, 3.05) is 19.8 Å². The molecule has 2 atom stereocenters. The second kappa shape index (κ2) is 4.37. The van der Waals surface area contributed by atoms with E-state index in [-0.39, 0.29) is 12.1 Å². The third-order valence-electron chi connectivity index (χ3n) is 3.09. The molecule has 1 aromatic rings. The molecular formula is C12H14ClNO3. The Morgan fingerprint density at radius 3 is 2.76 bits per heavy atom. The predicted octanol–water partition coefficient (Wildman–Crippen LogP) is 1.90. The van der Waals surface area contributed by atoms with Crippen LogP contribution in [0.25, 0.3) is 0 Å². The van der Waals surface area contributed by atoms with Crippen molar-refractivity contribution in [1.29, 1.82) is 0 Å². The maximum atomic E-state index is 6.17. The van der Waals surface area contributed by atoms with Crippen LogP contribution in [-0.4, -0.2) is 25.9 Å². The molecule has 2 N–H and O–H groups in total. The number of rotatable bonds is 1. The Balaban J connectivity index is 1.98. The first kappa shape index (κ1) is 11.1. The quantitative estimate of drug-likeness (QED) is 0.833. The number of halogens is 1. The number of hydrogen-bond acceptors (Lipinski definition) is 4. The monoisotopic (exact) mass is 255 g/mol. The molecule has 0 aromatic heterocycles. The highest BCUT2D eigenvalue weighted by atomic mass is 35.5. The summed E-state index contributed by atoms with van der Waals surface area (Å²) in [5.41, 5.74) is 6.96. The van der Waals surface area contributed by atoms with Crippen LogP contribution in [0.4, 0.5) is 0 Å². The molecule has 2 aliphatic rings. The maximum absolute atomic E-state index is 6.17. The van der Waals surface area contributed by atoms with Crippen molar-refractivity contribution in [1.82, 2.24) is 0 Å². The second-order valence-corrected chi connectivity index (χ2v) is 4.68. The number of fused-ring (bicyclic) bond motifs is 1. The molecule has 5 heteroatoms. The van der Waals surface area contributed by atoms with Crippen LogP contribution in [0, 0.1) is 0 Å². The van der Waals surface area contributed by atoms with Gasteiger partial charge in [-0.05, 0) is 24.1 Å². The SMILES string of the molecule is NC1CCOC1c1cc(Cl)c2c(c1)OCCO2. The van der Waals surface area contributed by atoms with Crippen LogP contribution in [0.15, 0.2) is 12.1 Å². The lowest BCUT2D eigenvalue weighted by atomic mass is 10.0. The summed E-state index contributed by atoms with van der Waals surface area (Å²) < 4.78 is 16.6. The molecular weight excluding hydrogens is 242 g/mol. The van der Waals surface area contributed by atoms with Gasteiger partial charge in [-0.2, -0.15) is 0 Å². The number of hydrogen-bond donors (Lipinski definition) is 1. The van der Waals surface area contributed by atoms with Gasteiger partial charge in [0.25, 0.3) is 0 Å². The normalized spacial score (nSPS) is 27.2. The summed E-state index contributed by atoms with van der Waals surface area (Å²) in [4.78, 5) is 0. The molecule has 92 valence electrons. The van der Waals surface area contributed by atoms with Crippen molar-refractivity contribution in [2.24, 2.45) is 5.73 Å². The van der Waals surface area contributed by atoms with Gasteiger partial charge in [0, 0.05) is 12.6 Å². The van der Waals surface area contributed by atoms with Crippen LogP contribution in [0.2, 0.25) is 5.02 Å². The predicted molar refractivity (Wildman–Crippen MR) is 63.7 cm³/mol. The van der Waals surface area contributed by atoms with Crippen molar-refractivity contribution < 1.29 is 14.2 Å². The van der Waals surface area contributed by atoms with Gasteiger partial charge in [0.15, 0.2) is 11.5 Å². The fourth-order valence-electron chi connectivity index (χ4n) is 2.24. The fraction of sp³-hybridized carbons (Fsp3) is 0.500. The zero-order chi connectivity index (χ0) is 11.8. The molecule has 1 fully saturated rings. The van der Waals surface area contributed by atoms with E-state index < -0.39 is 0 Å². The van der Waals surface area contributed by atoms with Gasteiger partial charge in [-0.15, -0.1) is 0 Å². The summed E-state index contributed by atoms with van der Waals surface area (Å²) >= 11 is 6.17. The molecule has 1 saturated heterocycles. The van der Waals surface area contributed by atoms with E-state index >= 15 is 0 Å². The van der Waals surface area contributed by atoms with E-state index in [0.29, 0.717) is 36.3 Å². The van der Waals surface area contributed by atoms with Gasteiger partial charge in [-0.25, -0.2) is 0 Å². The van der Waals surface area contributed by atoms with Gasteiger partial charge >= 0.3 is 0 Å². The van der Waals surface area contributed by atoms with E-state index in [1.165, 1.54) is 0 Å². The number of nitrogens with two attached hydrogens (primary N) is 1. The Kier molecular flexibility index (Phi) is 2.86. The highest BCUT2D eigenvalue weighted by Crippen LogP contribution is 2.41. The molecule has 0 spiro atoms. The first-order chi connectivity index (χ1) is 8.25. The van der Waals surface area contributed by atoms with Gasteiger partial charge in [0.05, 0.1) is 11.1 Å². The molecule has 17 heavy (non-hydrogen) atoms. The maximum Gasteiger partial charge on any atom is 0.179 e. The van der Waals surface area contributed by atoms with E-state index in [1.54, 1.807) is 0 Å². The topological polar surface area (TPSA) is 53.7 Å². The summed E-state index contributed by atoms with van der Waals surface area (Å²) in [7, 11) is 0. The van der Waals surface area contributed by atoms with Crippen LogP contribution < -0.4 is 15.2 Å². The zero-order valence-electron chi connectivity index (χ0n) is 9.32. The van der Waals surface area contributed by atoms with Gasteiger partial charge < -0.3 is 19.9 Å². The van der Waals surface area contributed by atoms with Gasteiger partial charge in [0.2, 0.25) is 0 Å². The molecule has 2 aliphatic heterocycles. The highest BCUT2D eigenvalue weighted by molar-refractivity contribution is 6.32. The standard InChI is InChI=1S/C12H14ClNO3/c13-8-5-7(11-9(14)1-2-16-11)6-10-12(8)17-4-3-15-10/h5-6,9,11H,1-4,14H2. The minimum absolute atomic E-state index is 0.0219. The van der Waals surface area contributed by atoms with Crippen LogP contribution >= 0.6 is 11.6 Å². The van der Waals surface area contributed by atoms with E-state index in [2.05, 4.69) is 0 Å². The lowest BCUT2D eigenvalue weighted by Gasteiger charge is -2.22. The summed E-state index contributed by atoms with van der Waals surface area (Å²) in [6.45, 7) is 1.77. The Bertz CT molecular complexity index is 438. The summed E-state index contributed by atoms with van der Waals surface area (Å²) in [6, 6.07) is 3.79. The largest absolute Gasteiger partial charge is 0.486 e. The lowest BCUT2D eigenvalue weighted by molar-refractivity contribution is 0.104. The van der Waals surface area contributed by atoms with Crippen molar-refractivity contribution in [3.63, 3.8) is 0 Å². The Hall–Kier alpha value is -0.970. The van der Waals surface area contributed by atoms with Crippen LogP contribution in [-0.2, 0) is 4.74 Å². The van der Waals surface area contributed by atoms with Gasteiger partial charge in [-0.3, -0.25) is 0 Å². The van der Waals surface area contributed by atoms with Crippen LogP contribution in [0.1, 0.15) is 18.1 Å². The average Bonchev–Trinajstić information content (AvgIpc) is 2.75. The van der Waals surface area contributed by atoms with Crippen molar-refractivity contribution in [2.45, 2.75) is 18.6 Å². The molecule has 0 aliphatic carbocycles. The van der Waals surface area contributed by atoms with Crippen LogP contribution in [0.5, 0.6) is 11.5 Å². The first-order valence-electron chi connectivity index (χ1n) is 5.72. The van der Waals surface area contributed by atoms with Crippen molar-refractivity contribution in [3.8, 4) is 11.5 Å². The number of benzene rings is 1. The molecule has 2 unspecified atom stereocenters.